The van der Waals surface area contributed by atoms with E-state index in [-0.39, 0.29) is 23.5 Å². The minimum Gasteiger partial charge on any atom is -0.507 e. The van der Waals surface area contributed by atoms with Crippen LogP contribution in [0.5, 0.6) is 5.75 Å². The molecule has 0 saturated heterocycles. The maximum atomic E-state index is 11.7. The summed E-state index contributed by atoms with van der Waals surface area (Å²) in [6.07, 6.45) is 0. The summed E-state index contributed by atoms with van der Waals surface area (Å²) in [5, 5.41) is 26.1. The van der Waals surface area contributed by atoms with Crippen LogP contribution in [0, 0.1) is 6.92 Å². The molecular weight excluding hydrogens is 294 g/mol. The molecule has 21 heavy (non-hydrogen) atoms. The first-order valence-corrected chi connectivity index (χ1v) is 6.86. The minimum absolute atomic E-state index is 0.275. The molecule has 2 rings (SSSR count). The van der Waals surface area contributed by atoms with E-state index in [0.29, 0.717) is 0 Å². The molecule has 0 bridgehead atoms. The molecule has 0 aliphatic carbocycles. The lowest BCUT2D eigenvalue weighted by Crippen LogP contribution is -2.28. The minimum atomic E-state index is -1.27. The molecule has 0 aliphatic rings. The van der Waals surface area contributed by atoms with Crippen molar-refractivity contribution in [3.05, 3.63) is 39.8 Å². The zero-order chi connectivity index (χ0) is 15.4. The molecule has 2 amide bonds. The van der Waals surface area contributed by atoms with Crippen molar-refractivity contribution in [1.82, 2.24) is 10.3 Å². The summed E-state index contributed by atoms with van der Waals surface area (Å²) in [5.41, 5.74) is 0.754. The number of thiazole rings is 1. The topological polar surface area (TPSA) is 112 Å². The zero-order valence-electron chi connectivity index (χ0n) is 11.1. The fourth-order valence-electron chi connectivity index (χ4n) is 1.62. The van der Waals surface area contributed by atoms with Crippen LogP contribution >= 0.6 is 11.3 Å². The number of carbonyl (C=O) groups excluding carboxylic acids is 1. The number of phenols is 1. The molecule has 0 fully saturated rings. The number of hydrogen-bond donors (Lipinski definition) is 4. The second kappa shape index (κ2) is 6.23. The standard InChI is InChI=1S/C13H13N3O4S/c1-7-15-9(6-21-7)5-14-13(20)16-8-2-3-11(17)10(4-8)12(18)19/h2-4,6,17H,5H2,1H3,(H,18,19)(H2,14,16,20). The quantitative estimate of drug-likeness (QED) is 0.647. The number of carbonyl (C=O) groups is 2. The van der Waals surface area contributed by atoms with Gasteiger partial charge in [0.2, 0.25) is 0 Å². The van der Waals surface area contributed by atoms with Gasteiger partial charge in [-0.25, -0.2) is 14.6 Å². The van der Waals surface area contributed by atoms with Gasteiger partial charge in [-0.3, -0.25) is 0 Å². The Morgan fingerprint density at radius 2 is 2.14 bits per heavy atom. The van der Waals surface area contributed by atoms with Crippen molar-refractivity contribution in [2.45, 2.75) is 13.5 Å². The Hall–Kier alpha value is -2.61. The van der Waals surface area contributed by atoms with Gasteiger partial charge in [0.15, 0.2) is 0 Å². The molecule has 1 aromatic carbocycles. The van der Waals surface area contributed by atoms with Crippen molar-refractivity contribution >= 4 is 29.0 Å². The van der Waals surface area contributed by atoms with E-state index < -0.39 is 12.0 Å². The summed E-state index contributed by atoms with van der Waals surface area (Å²) >= 11 is 1.49. The summed E-state index contributed by atoms with van der Waals surface area (Å²) in [6.45, 7) is 2.15. The number of urea groups is 1. The van der Waals surface area contributed by atoms with Crippen LogP contribution in [0.4, 0.5) is 10.5 Å². The Kier molecular flexibility index (Phi) is 4.39. The van der Waals surface area contributed by atoms with E-state index in [0.717, 1.165) is 10.7 Å². The van der Waals surface area contributed by atoms with Crippen LogP contribution < -0.4 is 10.6 Å². The largest absolute Gasteiger partial charge is 0.507 e. The highest BCUT2D eigenvalue weighted by Crippen LogP contribution is 2.21. The highest BCUT2D eigenvalue weighted by Gasteiger charge is 2.11. The van der Waals surface area contributed by atoms with Crippen LogP contribution in [0.3, 0.4) is 0 Å². The van der Waals surface area contributed by atoms with Crippen LogP contribution in [0.25, 0.3) is 0 Å². The van der Waals surface area contributed by atoms with Gasteiger partial charge in [-0.1, -0.05) is 0 Å². The number of nitrogens with zero attached hydrogens (tertiary/aromatic N) is 1. The highest BCUT2D eigenvalue weighted by atomic mass is 32.1. The van der Waals surface area contributed by atoms with Gasteiger partial charge in [0.05, 0.1) is 17.2 Å². The van der Waals surface area contributed by atoms with E-state index in [4.69, 9.17) is 5.11 Å². The van der Waals surface area contributed by atoms with Crippen LogP contribution in [0.15, 0.2) is 23.6 Å². The van der Waals surface area contributed by atoms with Crippen molar-refractivity contribution in [2.24, 2.45) is 0 Å². The van der Waals surface area contributed by atoms with Crippen molar-refractivity contribution in [2.75, 3.05) is 5.32 Å². The van der Waals surface area contributed by atoms with E-state index in [2.05, 4.69) is 15.6 Å². The second-order valence-corrected chi connectivity index (χ2v) is 5.26. The molecule has 2 aromatic rings. The monoisotopic (exact) mass is 307 g/mol. The number of aromatic carboxylic acids is 1. The van der Waals surface area contributed by atoms with E-state index in [1.54, 1.807) is 0 Å². The molecule has 1 aromatic heterocycles. The number of rotatable bonds is 4. The lowest BCUT2D eigenvalue weighted by Gasteiger charge is -2.08. The maximum absolute atomic E-state index is 11.7. The van der Waals surface area contributed by atoms with Gasteiger partial charge in [-0.2, -0.15) is 0 Å². The third-order valence-electron chi connectivity index (χ3n) is 2.58. The summed E-state index contributed by atoms with van der Waals surface area (Å²) in [4.78, 5) is 26.8. The van der Waals surface area contributed by atoms with Crippen LogP contribution in [-0.2, 0) is 6.54 Å². The van der Waals surface area contributed by atoms with Crippen molar-refractivity contribution in [3.8, 4) is 5.75 Å². The SMILES string of the molecule is Cc1nc(CNC(=O)Nc2ccc(O)c(C(=O)O)c2)cs1. The molecule has 0 atom stereocenters. The summed E-state index contributed by atoms with van der Waals surface area (Å²) in [6, 6.07) is 3.32. The molecule has 0 saturated carbocycles. The number of hydrogen-bond acceptors (Lipinski definition) is 5. The smallest absolute Gasteiger partial charge is 0.339 e. The first kappa shape index (κ1) is 14.8. The van der Waals surface area contributed by atoms with Crippen LogP contribution in [0.1, 0.15) is 21.1 Å². The molecule has 0 aliphatic heterocycles. The van der Waals surface area contributed by atoms with E-state index in [1.165, 1.54) is 29.5 Å². The summed E-state index contributed by atoms with van der Waals surface area (Å²) in [7, 11) is 0. The van der Waals surface area contributed by atoms with Crippen molar-refractivity contribution < 1.29 is 19.8 Å². The van der Waals surface area contributed by atoms with Gasteiger partial charge in [-0.15, -0.1) is 11.3 Å². The van der Waals surface area contributed by atoms with Gasteiger partial charge >= 0.3 is 12.0 Å². The van der Waals surface area contributed by atoms with Gasteiger partial charge in [-0.05, 0) is 25.1 Å². The van der Waals surface area contributed by atoms with Gasteiger partial charge in [0, 0.05) is 11.1 Å². The van der Waals surface area contributed by atoms with Crippen molar-refractivity contribution in [3.63, 3.8) is 0 Å². The number of nitrogens with one attached hydrogen (secondary N) is 2. The number of aryl methyl sites for hydroxylation is 1. The summed E-state index contributed by atoms with van der Waals surface area (Å²) in [5.74, 6) is -1.62. The van der Waals surface area contributed by atoms with Gasteiger partial charge < -0.3 is 20.8 Å². The van der Waals surface area contributed by atoms with Gasteiger partial charge in [0.1, 0.15) is 11.3 Å². The summed E-state index contributed by atoms with van der Waals surface area (Å²) < 4.78 is 0. The number of carboxylic acids is 1. The number of amides is 2. The molecule has 0 spiro atoms. The molecule has 4 N–H and O–H groups in total. The van der Waals surface area contributed by atoms with E-state index >= 15 is 0 Å². The predicted molar refractivity (Wildman–Crippen MR) is 77.8 cm³/mol. The Balaban J connectivity index is 1.96. The number of carboxylic acid groups (broad SMARTS) is 1. The van der Waals surface area contributed by atoms with Crippen LogP contribution in [0.2, 0.25) is 0 Å². The maximum Gasteiger partial charge on any atom is 0.339 e. The fourth-order valence-corrected chi connectivity index (χ4v) is 2.23. The Labute approximate surface area is 124 Å². The average Bonchev–Trinajstić information content (AvgIpc) is 2.84. The molecule has 1 heterocycles. The third-order valence-corrected chi connectivity index (χ3v) is 3.40. The Morgan fingerprint density at radius 3 is 2.76 bits per heavy atom. The Bertz CT molecular complexity index is 684. The van der Waals surface area contributed by atoms with Crippen LogP contribution in [-0.4, -0.2) is 27.2 Å². The van der Waals surface area contributed by atoms with Crippen molar-refractivity contribution in [1.29, 1.82) is 0 Å². The lowest BCUT2D eigenvalue weighted by atomic mass is 10.2. The van der Waals surface area contributed by atoms with E-state index in [9.17, 15) is 14.7 Å². The molecular formula is C13H13N3O4S. The normalized spacial score (nSPS) is 10.1. The fraction of sp³-hybridized carbons (Fsp3) is 0.154. The number of benzene rings is 1. The molecule has 7 nitrogen and oxygen atoms in total. The molecule has 0 radical (unpaired) electrons. The first-order valence-electron chi connectivity index (χ1n) is 5.98. The first-order chi connectivity index (χ1) is 9.95. The third kappa shape index (κ3) is 3.93. The van der Waals surface area contributed by atoms with Gasteiger partial charge in [0.25, 0.3) is 0 Å². The van der Waals surface area contributed by atoms with E-state index in [1.807, 2.05) is 12.3 Å². The molecule has 110 valence electrons. The molecule has 0 unspecified atom stereocenters. The number of anilines is 1. The molecule has 8 heteroatoms. The number of aromatic hydroxyl groups is 1. The number of aromatic nitrogens is 1. The average molecular weight is 307 g/mol. The zero-order valence-corrected chi connectivity index (χ0v) is 11.9. The lowest BCUT2D eigenvalue weighted by molar-refractivity contribution is 0.0693. The predicted octanol–water partition coefficient (Wildman–Crippen LogP) is 2.18. The second-order valence-electron chi connectivity index (χ2n) is 4.20. The highest BCUT2D eigenvalue weighted by molar-refractivity contribution is 7.09. The Morgan fingerprint density at radius 1 is 1.38 bits per heavy atom.